The second-order valence-electron chi connectivity index (χ2n) is 2.70. The first kappa shape index (κ1) is 10.1. The molecule has 0 heterocycles. The Bertz CT molecular complexity index is 341. The lowest BCUT2D eigenvalue weighted by Crippen LogP contribution is -1.96. The monoisotopic (exact) mass is 183 g/mol. The SMILES string of the molecule is C#C/C=C\C=C/CNc1ccccc1. The zero-order valence-electron chi connectivity index (χ0n) is 7.98. The number of nitrogens with one attached hydrogen (secondary N) is 1. The van der Waals surface area contributed by atoms with Crippen molar-refractivity contribution >= 4 is 5.69 Å². The Hall–Kier alpha value is -1.94. The van der Waals surface area contributed by atoms with Crippen molar-refractivity contribution in [1.29, 1.82) is 0 Å². The van der Waals surface area contributed by atoms with E-state index in [2.05, 4.69) is 11.2 Å². The van der Waals surface area contributed by atoms with E-state index < -0.39 is 0 Å². The average Bonchev–Trinajstić information content (AvgIpc) is 2.25. The van der Waals surface area contributed by atoms with Crippen LogP contribution in [-0.2, 0) is 0 Å². The zero-order chi connectivity index (χ0) is 10.1. The van der Waals surface area contributed by atoms with Crippen LogP contribution in [0.5, 0.6) is 0 Å². The van der Waals surface area contributed by atoms with Crippen LogP contribution in [0.3, 0.4) is 0 Å². The van der Waals surface area contributed by atoms with Crippen molar-refractivity contribution in [2.75, 3.05) is 11.9 Å². The van der Waals surface area contributed by atoms with Crippen LogP contribution in [0.15, 0.2) is 54.6 Å². The summed E-state index contributed by atoms with van der Waals surface area (Å²) in [4.78, 5) is 0. The van der Waals surface area contributed by atoms with Crippen LogP contribution in [0.1, 0.15) is 0 Å². The molecule has 1 nitrogen and oxygen atoms in total. The van der Waals surface area contributed by atoms with E-state index in [-0.39, 0.29) is 0 Å². The molecule has 1 aromatic rings. The lowest BCUT2D eigenvalue weighted by Gasteiger charge is -2.00. The van der Waals surface area contributed by atoms with Gasteiger partial charge in [0, 0.05) is 12.2 Å². The number of hydrogen-bond donors (Lipinski definition) is 1. The van der Waals surface area contributed by atoms with Crippen molar-refractivity contribution < 1.29 is 0 Å². The highest BCUT2D eigenvalue weighted by molar-refractivity contribution is 5.42. The van der Waals surface area contributed by atoms with Gasteiger partial charge in [-0.2, -0.15) is 0 Å². The van der Waals surface area contributed by atoms with Gasteiger partial charge in [0.2, 0.25) is 0 Å². The van der Waals surface area contributed by atoms with Crippen molar-refractivity contribution in [3.05, 3.63) is 54.6 Å². The molecule has 14 heavy (non-hydrogen) atoms. The first-order valence-corrected chi connectivity index (χ1v) is 4.50. The zero-order valence-corrected chi connectivity index (χ0v) is 7.98. The largest absolute Gasteiger partial charge is 0.382 e. The summed E-state index contributed by atoms with van der Waals surface area (Å²) in [5, 5.41) is 3.25. The molecule has 0 saturated carbocycles. The van der Waals surface area contributed by atoms with Gasteiger partial charge < -0.3 is 5.32 Å². The quantitative estimate of drug-likeness (QED) is 0.559. The molecule has 1 rings (SSSR count). The highest BCUT2D eigenvalue weighted by Gasteiger charge is 1.83. The maximum absolute atomic E-state index is 5.05. The van der Waals surface area contributed by atoms with Crippen LogP contribution in [0.4, 0.5) is 5.69 Å². The maximum atomic E-state index is 5.05. The van der Waals surface area contributed by atoms with Crippen LogP contribution in [0.25, 0.3) is 0 Å². The molecule has 0 saturated heterocycles. The Balaban J connectivity index is 2.26. The second kappa shape index (κ2) is 6.56. The fourth-order valence-corrected chi connectivity index (χ4v) is 0.991. The van der Waals surface area contributed by atoms with Gasteiger partial charge in [-0.05, 0) is 18.2 Å². The first-order valence-electron chi connectivity index (χ1n) is 4.50. The van der Waals surface area contributed by atoms with Crippen LogP contribution in [-0.4, -0.2) is 6.54 Å². The number of para-hydroxylation sites is 1. The van der Waals surface area contributed by atoms with E-state index in [1.807, 2.05) is 48.6 Å². The highest BCUT2D eigenvalue weighted by atomic mass is 14.8. The molecule has 0 atom stereocenters. The summed E-state index contributed by atoms with van der Waals surface area (Å²) >= 11 is 0. The molecule has 0 bridgehead atoms. The van der Waals surface area contributed by atoms with Gasteiger partial charge in [0.25, 0.3) is 0 Å². The normalized spacial score (nSPS) is 10.5. The van der Waals surface area contributed by atoms with Gasteiger partial charge in [0.1, 0.15) is 0 Å². The third kappa shape index (κ3) is 4.18. The number of allylic oxidation sites excluding steroid dienone is 3. The minimum atomic E-state index is 0.804. The molecular formula is C13H13N. The van der Waals surface area contributed by atoms with Gasteiger partial charge in [-0.15, -0.1) is 6.42 Å². The van der Waals surface area contributed by atoms with Crippen LogP contribution in [0, 0.1) is 12.3 Å². The van der Waals surface area contributed by atoms with Crippen molar-refractivity contribution in [3.8, 4) is 12.3 Å². The van der Waals surface area contributed by atoms with E-state index in [1.54, 1.807) is 6.08 Å². The van der Waals surface area contributed by atoms with Gasteiger partial charge in [0.15, 0.2) is 0 Å². The standard InChI is InChI=1S/C13H13N/c1-2-3-4-5-9-12-14-13-10-7-6-8-11-13/h1,3-11,14H,12H2/b4-3-,9-5-. The van der Waals surface area contributed by atoms with Crippen molar-refractivity contribution in [1.82, 2.24) is 0 Å². The van der Waals surface area contributed by atoms with Gasteiger partial charge in [-0.3, -0.25) is 0 Å². The molecule has 0 aliphatic heterocycles. The van der Waals surface area contributed by atoms with E-state index in [1.165, 1.54) is 0 Å². The topological polar surface area (TPSA) is 12.0 Å². The van der Waals surface area contributed by atoms with Crippen LogP contribution < -0.4 is 5.32 Å². The van der Waals surface area contributed by atoms with Crippen LogP contribution in [0.2, 0.25) is 0 Å². The van der Waals surface area contributed by atoms with E-state index in [4.69, 9.17) is 6.42 Å². The lowest BCUT2D eigenvalue weighted by atomic mass is 10.3. The number of benzene rings is 1. The molecule has 0 radical (unpaired) electrons. The molecule has 1 aromatic carbocycles. The van der Waals surface area contributed by atoms with Crippen molar-refractivity contribution in [2.24, 2.45) is 0 Å². The van der Waals surface area contributed by atoms with Gasteiger partial charge in [-0.25, -0.2) is 0 Å². The molecule has 0 amide bonds. The molecule has 0 aliphatic rings. The predicted octanol–water partition coefficient (Wildman–Crippen LogP) is 2.84. The smallest absolute Gasteiger partial charge is 0.0342 e. The fourth-order valence-electron chi connectivity index (χ4n) is 0.991. The maximum Gasteiger partial charge on any atom is 0.0342 e. The lowest BCUT2D eigenvalue weighted by molar-refractivity contribution is 1.33. The molecular weight excluding hydrogens is 170 g/mol. The summed E-state index contributed by atoms with van der Waals surface area (Å²) in [5.74, 6) is 2.42. The minimum Gasteiger partial charge on any atom is -0.382 e. The fraction of sp³-hybridized carbons (Fsp3) is 0.0769. The Morgan fingerprint density at radius 3 is 2.71 bits per heavy atom. The van der Waals surface area contributed by atoms with E-state index in [9.17, 15) is 0 Å². The van der Waals surface area contributed by atoms with E-state index in [0.717, 1.165) is 12.2 Å². The first-order chi connectivity index (χ1) is 6.93. The predicted molar refractivity (Wildman–Crippen MR) is 62.0 cm³/mol. The number of hydrogen-bond acceptors (Lipinski definition) is 1. The highest BCUT2D eigenvalue weighted by Crippen LogP contribution is 2.03. The average molecular weight is 183 g/mol. The third-order valence-electron chi connectivity index (χ3n) is 1.64. The summed E-state index contributed by atoms with van der Waals surface area (Å²) in [7, 11) is 0. The van der Waals surface area contributed by atoms with Gasteiger partial charge in [-0.1, -0.05) is 42.3 Å². The summed E-state index contributed by atoms with van der Waals surface area (Å²) < 4.78 is 0. The Morgan fingerprint density at radius 1 is 1.21 bits per heavy atom. The minimum absolute atomic E-state index is 0.804. The summed E-state index contributed by atoms with van der Waals surface area (Å²) in [6.07, 6.45) is 12.5. The third-order valence-corrected chi connectivity index (χ3v) is 1.64. The molecule has 70 valence electrons. The Labute approximate surface area is 85.2 Å². The van der Waals surface area contributed by atoms with E-state index in [0.29, 0.717) is 0 Å². The summed E-state index contributed by atoms with van der Waals surface area (Å²) in [6.45, 7) is 0.804. The van der Waals surface area contributed by atoms with Crippen LogP contribution >= 0.6 is 0 Å². The number of anilines is 1. The number of terminal acetylenes is 1. The van der Waals surface area contributed by atoms with Crippen molar-refractivity contribution in [3.63, 3.8) is 0 Å². The van der Waals surface area contributed by atoms with Gasteiger partial charge >= 0.3 is 0 Å². The molecule has 0 aliphatic carbocycles. The molecule has 0 spiro atoms. The molecule has 1 heteroatoms. The molecule has 0 unspecified atom stereocenters. The molecule has 0 aromatic heterocycles. The number of rotatable bonds is 4. The van der Waals surface area contributed by atoms with Crippen molar-refractivity contribution in [2.45, 2.75) is 0 Å². The second-order valence-corrected chi connectivity index (χ2v) is 2.70. The van der Waals surface area contributed by atoms with E-state index >= 15 is 0 Å². The summed E-state index contributed by atoms with van der Waals surface area (Å²) in [6, 6.07) is 10.1. The molecule has 1 N–H and O–H groups in total. The Kier molecular flexibility index (Phi) is 4.75. The Morgan fingerprint density at radius 2 is 2.00 bits per heavy atom. The summed E-state index contributed by atoms with van der Waals surface area (Å²) in [5.41, 5.74) is 1.12. The molecule has 0 fully saturated rings. The van der Waals surface area contributed by atoms with Gasteiger partial charge in [0.05, 0.1) is 0 Å².